The van der Waals surface area contributed by atoms with E-state index in [1.54, 1.807) is 0 Å². The quantitative estimate of drug-likeness (QED) is 0.503. The summed E-state index contributed by atoms with van der Waals surface area (Å²) in [6.45, 7) is 8.57. The van der Waals surface area contributed by atoms with Crippen LogP contribution in [-0.4, -0.2) is 0 Å². The zero-order chi connectivity index (χ0) is 15.7. The first-order chi connectivity index (χ1) is 10.5. The third-order valence-corrected chi connectivity index (χ3v) is 3.86. The molecule has 0 radical (unpaired) electrons. The van der Waals surface area contributed by atoms with Gasteiger partial charge in [0.15, 0.2) is 0 Å². The van der Waals surface area contributed by atoms with E-state index >= 15 is 0 Å². The molecule has 0 unspecified atom stereocenters. The van der Waals surface area contributed by atoms with Gasteiger partial charge in [0.05, 0.1) is 0 Å². The molecule has 3 aromatic rings. The molecule has 0 amide bonds. The van der Waals surface area contributed by atoms with Crippen molar-refractivity contribution in [2.75, 3.05) is 0 Å². The fraction of sp³-hybridized carbons (Fsp3) is 0.182. The maximum atomic E-state index is 3.59. The SMILES string of the molecule is Cc1cc(C)cc(-c2[c-]c(-c3cc(C)cc(C)c3)ccc2)c1.[Li+]. The monoisotopic (exact) mass is 292 g/mol. The molecule has 0 saturated carbocycles. The topological polar surface area (TPSA) is 0 Å². The Labute approximate surface area is 151 Å². The average Bonchev–Trinajstić information content (AvgIpc) is 2.45. The first-order valence-electron chi connectivity index (χ1n) is 7.71. The second-order valence-corrected chi connectivity index (χ2v) is 6.23. The molecule has 110 valence electrons. The van der Waals surface area contributed by atoms with Crippen molar-refractivity contribution >= 4 is 0 Å². The van der Waals surface area contributed by atoms with E-state index in [1.165, 1.54) is 33.4 Å². The molecule has 0 atom stereocenters. The molecule has 3 aromatic carbocycles. The molecule has 0 saturated heterocycles. The van der Waals surface area contributed by atoms with Gasteiger partial charge < -0.3 is 0 Å². The normalized spacial score (nSPS) is 10.3. The Morgan fingerprint density at radius 1 is 0.565 bits per heavy atom. The minimum Gasteiger partial charge on any atom is -0.129 e. The minimum atomic E-state index is 0. The molecule has 0 bridgehead atoms. The van der Waals surface area contributed by atoms with Gasteiger partial charge in [-0.2, -0.15) is 0 Å². The molecule has 1 heteroatoms. The van der Waals surface area contributed by atoms with E-state index in [1.807, 2.05) is 0 Å². The Morgan fingerprint density at radius 2 is 0.913 bits per heavy atom. The predicted molar refractivity (Wildman–Crippen MR) is 95.1 cm³/mol. The van der Waals surface area contributed by atoms with Crippen molar-refractivity contribution in [2.45, 2.75) is 27.7 Å². The Bertz CT molecular complexity index is 724. The summed E-state index contributed by atoms with van der Waals surface area (Å²) in [5, 5.41) is 0. The average molecular weight is 292 g/mol. The summed E-state index contributed by atoms with van der Waals surface area (Å²) in [5.74, 6) is 0. The van der Waals surface area contributed by atoms with Crippen LogP contribution in [-0.2, 0) is 0 Å². The fourth-order valence-corrected chi connectivity index (χ4v) is 3.07. The Morgan fingerprint density at radius 3 is 1.26 bits per heavy atom. The third kappa shape index (κ3) is 4.17. The third-order valence-electron chi connectivity index (χ3n) is 3.86. The number of benzene rings is 3. The van der Waals surface area contributed by atoms with Crippen LogP contribution in [0.2, 0.25) is 0 Å². The van der Waals surface area contributed by atoms with Crippen LogP contribution in [0.15, 0.2) is 54.6 Å². The van der Waals surface area contributed by atoms with Crippen LogP contribution in [0.5, 0.6) is 0 Å². The van der Waals surface area contributed by atoms with Gasteiger partial charge in [0, 0.05) is 0 Å². The second-order valence-electron chi connectivity index (χ2n) is 6.23. The van der Waals surface area contributed by atoms with Crippen molar-refractivity contribution in [3.63, 3.8) is 0 Å². The molecule has 0 heterocycles. The summed E-state index contributed by atoms with van der Waals surface area (Å²) >= 11 is 0. The number of rotatable bonds is 2. The van der Waals surface area contributed by atoms with E-state index in [0.29, 0.717) is 0 Å². The summed E-state index contributed by atoms with van der Waals surface area (Å²) < 4.78 is 0. The van der Waals surface area contributed by atoms with Gasteiger partial charge in [0.25, 0.3) is 0 Å². The molecule has 0 N–H and O–H groups in total. The predicted octanol–water partition coefficient (Wildman–Crippen LogP) is 3.06. The number of aryl methyl sites for hydroxylation is 4. The Kier molecular flexibility index (Phi) is 5.53. The molecule has 0 fully saturated rings. The molecule has 0 aliphatic carbocycles. The number of hydrogen-bond acceptors (Lipinski definition) is 0. The van der Waals surface area contributed by atoms with Crippen molar-refractivity contribution in [3.8, 4) is 22.3 Å². The van der Waals surface area contributed by atoms with E-state index in [9.17, 15) is 0 Å². The molecule has 0 aromatic heterocycles. The van der Waals surface area contributed by atoms with Crippen molar-refractivity contribution in [1.82, 2.24) is 0 Å². The molecule has 0 nitrogen and oxygen atoms in total. The van der Waals surface area contributed by atoms with E-state index in [4.69, 9.17) is 0 Å². The van der Waals surface area contributed by atoms with Gasteiger partial charge in [-0.3, -0.25) is 0 Å². The maximum Gasteiger partial charge on any atom is 1.00 e. The van der Waals surface area contributed by atoms with Crippen molar-refractivity contribution in [3.05, 3.63) is 82.9 Å². The standard InChI is InChI=1S/C22H21.Li/c1-15-8-16(2)11-21(10-15)19-6-5-7-20(14-19)22-12-17(3)9-18(4)13-22;/h5-13H,1-4H3;/q-1;+1. The van der Waals surface area contributed by atoms with Gasteiger partial charge in [-0.25, -0.2) is 0 Å². The molecular formula is C22H21Li. The first-order valence-corrected chi connectivity index (χ1v) is 7.71. The Hall–Kier alpha value is -1.74. The second kappa shape index (κ2) is 7.22. The summed E-state index contributed by atoms with van der Waals surface area (Å²) in [7, 11) is 0. The van der Waals surface area contributed by atoms with Gasteiger partial charge in [-0.15, -0.1) is 35.4 Å². The van der Waals surface area contributed by atoms with Crippen LogP contribution in [0.3, 0.4) is 0 Å². The van der Waals surface area contributed by atoms with Crippen LogP contribution in [0.4, 0.5) is 0 Å². The zero-order valence-electron chi connectivity index (χ0n) is 14.7. The summed E-state index contributed by atoms with van der Waals surface area (Å²) in [4.78, 5) is 0. The molecule has 0 aliphatic rings. The van der Waals surface area contributed by atoms with Crippen LogP contribution in [0.25, 0.3) is 22.3 Å². The van der Waals surface area contributed by atoms with E-state index in [-0.39, 0.29) is 18.9 Å². The van der Waals surface area contributed by atoms with E-state index in [2.05, 4.69) is 88.4 Å². The smallest absolute Gasteiger partial charge is 0.129 e. The van der Waals surface area contributed by atoms with Gasteiger partial charge in [0.1, 0.15) is 0 Å². The van der Waals surface area contributed by atoms with Gasteiger partial charge in [-0.1, -0.05) is 69.8 Å². The van der Waals surface area contributed by atoms with Crippen LogP contribution in [0.1, 0.15) is 22.3 Å². The van der Waals surface area contributed by atoms with E-state index in [0.717, 1.165) is 11.1 Å². The van der Waals surface area contributed by atoms with Crippen molar-refractivity contribution < 1.29 is 18.9 Å². The van der Waals surface area contributed by atoms with Crippen LogP contribution < -0.4 is 18.9 Å². The van der Waals surface area contributed by atoms with Crippen LogP contribution >= 0.6 is 0 Å². The summed E-state index contributed by atoms with van der Waals surface area (Å²) in [5.41, 5.74) is 9.96. The fourth-order valence-electron chi connectivity index (χ4n) is 3.07. The zero-order valence-corrected chi connectivity index (χ0v) is 14.7. The molecule has 0 aliphatic heterocycles. The van der Waals surface area contributed by atoms with Crippen molar-refractivity contribution in [1.29, 1.82) is 0 Å². The van der Waals surface area contributed by atoms with Gasteiger partial charge in [0.2, 0.25) is 0 Å². The van der Waals surface area contributed by atoms with Gasteiger partial charge >= 0.3 is 18.9 Å². The first kappa shape index (κ1) is 17.6. The molecular weight excluding hydrogens is 271 g/mol. The van der Waals surface area contributed by atoms with Gasteiger partial charge in [-0.05, 0) is 27.7 Å². The molecule has 3 rings (SSSR count). The van der Waals surface area contributed by atoms with Crippen LogP contribution in [0, 0.1) is 33.8 Å². The van der Waals surface area contributed by atoms with Crippen molar-refractivity contribution in [2.24, 2.45) is 0 Å². The van der Waals surface area contributed by atoms with E-state index < -0.39 is 0 Å². The molecule has 0 spiro atoms. The summed E-state index contributed by atoms with van der Waals surface area (Å²) in [6.07, 6.45) is 0. The maximum absolute atomic E-state index is 3.59. The Balaban J connectivity index is 0.00000192. The summed E-state index contributed by atoms with van der Waals surface area (Å²) in [6, 6.07) is 23.3. The largest absolute Gasteiger partial charge is 1.00 e. The minimum absolute atomic E-state index is 0. The molecule has 23 heavy (non-hydrogen) atoms. The number of hydrogen-bond donors (Lipinski definition) is 0.